The van der Waals surface area contributed by atoms with Gasteiger partial charge in [-0.3, -0.25) is 4.79 Å². The summed E-state index contributed by atoms with van der Waals surface area (Å²) in [7, 11) is 2.09. The van der Waals surface area contributed by atoms with E-state index >= 15 is 0 Å². The number of nitrogens with one attached hydrogen (secondary N) is 1. The molecule has 1 heterocycles. The minimum atomic E-state index is -0.349. The molecule has 0 aliphatic carbocycles. The van der Waals surface area contributed by atoms with Crippen LogP contribution in [-0.2, 0) is 4.79 Å². The molecule has 0 spiro atoms. The van der Waals surface area contributed by atoms with Gasteiger partial charge in [0.05, 0.1) is 11.4 Å². The average molecular weight is 378 g/mol. The first-order chi connectivity index (χ1) is 12.5. The molecule has 1 aliphatic heterocycles. The third kappa shape index (κ3) is 4.86. The van der Waals surface area contributed by atoms with Crippen LogP contribution >= 0.6 is 11.6 Å². The highest BCUT2D eigenvalue weighted by Gasteiger charge is 2.18. The summed E-state index contributed by atoms with van der Waals surface area (Å²) in [5.74, 6) is -0.212. The Hall–Kier alpha value is -2.31. The van der Waals surface area contributed by atoms with E-state index in [4.69, 9.17) is 16.3 Å². The molecule has 1 N–H and O–H groups in total. The van der Waals surface area contributed by atoms with Crippen molar-refractivity contribution in [3.05, 3.63) is 53.3 Å². The third-order valence-electron chi connectivity index (χ3n) is 4.26. The van der Waals surface area contributed by atoms with Crippen LogP contribution in [0.1, 0.15) is 0 Å². The third-order valence-corrected chi connectivity index (χ3v) is 4.50. The quantitative estimate of drug-likeness (QED) is 0.868. The first-order valence-corrected chi connectivity index (χ1v) is 8.80. The molecule has 2 aromatic carbocycles. The molecule has 26 heavy (non-hydrogen) atoms. The van der Waals surface area contributed by atoms with Gasteiger partial charge in [-0.25, -0.2) is 4.39 Å². The average Bonchev–Trinajstić information content (AvgIpc) is 2.62. The van der Waals surface area contributed by atoms with Crippen LogP contribution in [-0.4, -0.2) is 50.6 Å². The van der Waals surface area contributed by atoms with Crippen LogP contribution in [0.3, 0.4) is 0 Å². The number of nitrogens with zero attached hydrogens (tertiary/aromatic N) is 2. The summed E-state index contributed by atoms with van der Waals surface area (Å²) in [6.45, 7) is 3.52. The van der Waals surface area contributed by atoms with Crippen LogP contribution in [0.2, 0.25) is 5.02 Å². The van der Waals surface area contributed by atoms with E-state index in [1.807, 2.05) is 12.1 Å². The Balaban J connectivity index is 1.65. The number of hydrogen-bond acceptors (Lipinski definition) is 4. The molecule has 5 nitrogen and oxygen atoms in total. The maximum Gasteiger partial charge on any atom is 0.262 e. The lowest BCUT2D eigenvalue weighted by molar-refractivity contribution is -0.118. The number of benzene rings is 2. The molecule has 0 saturated carbocycles. The predicted octanol–water partition coefficient (Wildman–Crippen LogP) is 3.25. The standard InChI is InChI=1S/C19H21ClFN3O2/c1-23-8-10-24(11-9-23)18-7-2-14(20)12-17(18)22-19(25)13-26-16-5-3-15(21)4-6-16/h2-7,12H,8-11,13H2,1H3,(H,22,25). The van der Waals surface area contributed by atoms with Gasteiger partial charge in [0.25, 0.3) is 5.91 Å². The van der Waals surface area contributed by atoms with Crippen molar-refractivity contribution in [3.8, 4) is 5.75 Å². The number of ether oxygens (including phenoxy) is 1. The lowest BCUT2D eigenvalue weighted by Crippen LogP contribution is -2.44. The summed E-state index contributed by atoms with van der Waals surface area (Å²) in [6, 6.07) is 11.0. The van der Waals surface area contributed by atoms with E-state index in [9.17, 15) is 9.18 Å². The van der Waals surface area contributed by atoms with Crippen LogP contribution in [0, 0.1) is 5.82 Å². The Morgan fingerprint density at radius 3 is 2.54 bits per heavy atom. The number of halogens is 2. The number of amides is 1. The molecule has 0 bridgehead atoms. The van der Waals surface area contributed by atoms with Gasteiger partial charge in [0.1, 0.15) is 11.6 Å². The van der Waals surface area contributed by atoms with Crippen molar-refractivity contribution in [2.45, 2.75) is 0 Å². The molecular formula is C19H21ClFN3O2. The predicted molar refractivity (Wildman–Crippen MR) is 102 cm³/mol. The largest absolute Gasteiger partial charge is 0.484 e. The lowest BCUT2D eigenvalue weighted by atomic mass is 10.2. The molecule has 0 radical (unpaired) electrons. The molecule has 1 saturated heterocycles. The fourth-order valence-electron chi connectivity index (χ4n) is 2.80. The first-order valence-electron chi connectivity index (χ1n) is 8.42. The monoisotopic (exact) mass is 377 g/mol. The zero-order chi connectivity index (χ0) is 18.5. The Labute approximate surface area is 157 Å². The normalized spacial score (nSPS) is 15.0. The van der Waals surface area contributed by atoms with Gasteiger partial charge in [-0.15, -0.1) is 0 Å². The number of rotatable bonds is 5. The molecule has 2 aromatic rings. The Morgan fingerprint density at radius 1 is 1.15 bits per heavy atom. The van der Waals surface area contributed by atoms with Crippen LogP contribution in [0.15, 0.2) is 42.5 Å². The van der Waals surface area contributed by atoms with Gasteiger partial charge >= 0.3 is 0 Å². The second-order valence-corrected chi connectivity index (χ2v) is 6.68. The smallest absolute Gasteiger partial charge is 0.262 e. The van der Waals surface area contributed by atoms with E-state index in [1.54, 1.807) is 6.07 Å². The zero-order valence-corrected chi connectivity index (χ0v) is 15.3. The highest BCUT2D eigenvalue weighted by molar-refractivity contribution is 6.31. The van der Waals surface area contributed by atoms with E-state index in [2.05, 4.69) is 22.2 Å². The molecule has 7 heteroatoms. The van der Waals surface area contributed by atoms with Crippen molar-refractivity contribution in [1.82, 2.24) is 4.90 Å². The maximum absolute atomic E-state index is 12.9. The van der Waals surface area contributed by atoms with Crippen molar-refractivity contribution in [2.75, 3.05) is 50.1 Å². The summed E-state index contributed by atoms with van der Waals surface area (Å²) in [5.41, 5.74) is 1.60. The van der Waals surface area contributed by atoms with Gasteiger partial charge in [-0.05, 0) is 49.5 Å². The van der Waals surface area contributed by atoms with E-state index < -0.39 is 0 Å². The van der Waals surface area contributed by atoms with Crippen molar-refractivity contribution >= 4 is 28.9 Å². The summed E-state index contributed by atoms with van der Waals surface area (Å²) in [6.07, 6.45) is 0. The summed E-state index contributed by atoms with van der Waals surface area (Å²) in [4.78, 5) is 16.8. The number of carbonyl (C=O) groups is 1. The molecule has 138 valence electrons. The summed E-state index contributed by atoms with van der Waals surface area (Å²) in [5, 5.41) is 3.42. The number of likely N-dealkylation sites (N-methyl/N-ethyl adjacent to an activating group) is 1. The zero-order valence-electron chi connectivity index (χ0n) is 14.5. The highest BCUT2D eigenvalue weighted by atomic mass is 35.5. The Kier molecular flexibility index (Phi) is 5.96. The minimum absolute atomic E-state index is 0.166. The molecule has 3 rings (SSSR count). The highest BCUT2D eigenvalue weighted by Crippen LogP contribution is 2.30. The fourth-order valence-corrected chi connectivity index (χ4v) is 2.97. The van der Waals surface area contributed by atoms with Gasteiger partial charge in [0.2, 0.25) is 0 Å². The van der Waals surface area contributed by atoms with E-state index in [1.165, 1.54) is 24.3 Å². The van der Waals surface area contributed by atoms with Crippen molar-refractivity contribution < 1.29 is 13.9 Å². The molecular weight excluding hydrogens is 357 g/mol. The Bertz CT molecular complexity index is 762. The number of piperazine rings is 1. The SMILES string of the molecule is CN1CCN(c2ccc(Cl)cc2NC(=O)COc2ccc(F)cc2)CC1. The molecule has 1 aliphatic rings. The summed E-state index contributed by atoms with van der Waals surface area (Å²) < 4.78 is 18.3. The number of hydrogen-bond donors (Lipinski definition) is 1. The van der Waals surface area contributed by atoms with Gasteiger partial charge in [0, 0.05) is 31.2 Å². The number of carbonyl (C=O) groups excluding carboxylic acids is 1. The minimum Gasteiger partial charge on any atom is -0.484 e. The lowest BCUT2D eigenvalue weighted by Gasteiger charge is -2.35. The maximum atomic E-state index is 12.9. The Morgan fingerprint density at radius 2 is 1.85 bits per heavy atom. The molecule has 0 unspecified atom stereocenters. The summed E-state index contributed by atoms with van der Waals surface area (Å²) >= 11 is 6.11. The van der Waals surface area contributed by atoms with E-state index in [0.29, 0.717) is 16.5 Å². The first kappa shape index (κ1) is 18.5. The topological polar surface area (TPSA) is 44.8 Å². The van der Waals surface area contributed by atoms with E-state index in [-0.39, 0.29) is 18.3 Å². The van der Waals surface area contributed by atoms with Crippen molar-refractivity contribution in [1.29, 1.82) is 0 Å². The second kappa shape index (κ2) is 8.38. The van der Waals surface area contributed by atoms with Crippen LogP contribution in [0.4, 0.5) is 15.8 Å². The second-order valence-electron chi connectivity index (χ2n) is 6.24. The molecule has 1 fully saturated rings. The van der Waals surface area contributed by atoms with Gasteiger partial charge in [-0.1, -0.05) is 11.6 Å². The molecule has 0 aromatic heterocycles. The van der Waals surface area contributed by atoms with Gasteiger partial charge in [0.15, 0.2) is 6.61 Å². The molecule has 1 amide bonds. The molecule has 0 atom stereocenters. The van der Waals surface area contributed by atoms with Crippen molar-refractivity contribution in [3.63, 3.8) is 0 Å². The number of anilines is 2. The van der Waals surface area contributed by atoms with Crippen LogP contribution < -0.4 is 15.0 Å². The van der Waals surface area contributed by atoms with Gasteiger partial charge < -0.3 is 19.9 Å². The fraction of sp³-hybridized carbons (Fsp3) is 0.316. The van der Waals surface area contributed by atoms with Gasteiger partial charge in [-0.2, -0.15) is 0 Å². The van der Waals surface area contributed by atoms with Crippen LogP contribution in [0.25, 0.3) is 0 Å². The van der Waals surface area contributed by atoms with E-state index in [0.717, 1.165) is 31.9 Å². The van der Waals surface area contributed by atoms with Crippen LogP contribution in [0.5, 0.6) is 5.75 Å². The van der Waals surface area contributed by atoms with Crippen molar-refractivity contribution in [2.24, 2.45) is 0 Å².